The van der Waals surface area contributed by atoms with Gasteiger partial charge in [0.05, 0.1) is 32.6 Å². The van der Waals surface area contributed by atoms with Crippen molar-refractivity contribution >= 4 is 5.91 Å². The molecule has 24 heavy (non-hydrogen) atoms. The van der Waals surface area contributed by atoms with E-state index < -0.39 is 0 Å². The molecule has 6 heteroatoms. The predicted molar refractivity (Wildman–Crippen MR) is 100.0 cm³/mol. The largest absolute Gasteiger partial charge is 0.355 e. The minimum absolute atomic E-state index is 0.134. The summed E-state index contributed by atoms with van der Waals surface area (Å²) in [5.74, 6) is 6.63. The second-order valence-electron chi connectivity index (χ2n) is 7.31. The van der Waals surface area contributed by atoms with Crippen molar-refractivity contribution in [3.05, 3.63) is 11.8 Å². The number of hydrogen-bond acceptors (Lipinski definition) is 4. The van der Waals surface area contributed by atoms with Gasteiger partial charge in [0, 0.05) is 26.1 Å². The molecule has 1 rings (SSSR count). The van der Waals surface area contributed by atoms with E-state index in [1.807, 2.05) is 14.1 Å². The van der Waals surface area contributed by atoms with Gasteiger partial charge in [-0.25, -0.2) is 5.01 Å². The Hall–Kier alpha value is -0.950. The summed E-state index contributed by atoms with van der Waals surface area (Å²) >= 11 is 0. The SMILES string of the molecule is CCCC[C@H]1C=C(CN(C)N)[N+](C)(CCC(=O)NCCNC)C1C. The number of rotatable bonds is 11. The second kappa shape index (κ2) is 10.1. The Morgan fingerprint density at radius 1 is 1.42 bits per heavy atom. The van der Waals surface area contributed by atoms with Gasteiger partial charge < -0.3 is 10.6 Å². The van der Waals surface area contributed by atoms with Crippen LogP contribution in [0, 0.1) is 5.92 Å². The maximum atomic E-state index is 12.1. The van der Waals surface area contributed by atoms with Gasteiger partial charge in [0.1, 0.15) is 5.70 Å². The van der Waals surface area contributed by atoms with Crippen LogP contribution in [0.2, 0.25) is 0 Å². The summed E-state index contributed by atoms with van der Waals surface area (Å²) in [4.78, 5) is 12.1. The fourth-order valence-corrected chi connectivity index (χ4v) is 3.57. The summed E-state index contributed by atoms with van der Waals surface area (Å²) in [5.41, 5.74) is 1.34. The molecule has 0 bridgehead atoms. The number of amides is 1. The van der Waals surface area contributed by atoms with Crippen LogP contribution in [0.15, 0.2) is 11.8 Å². The molecule has 0 spiro atoms. The Morgan fingerprint density at radius 3 is 2.71 bits per heavy atom. The first kappa shape index (κ1) is 21.1. The number of quaternary nitrogens is 1. The van der Waals surface area contributed by atoms with Gasteiger partial charge in [0.2, 0.25) is 5.91 Å². The fraction of sp³-hybridized carbons (Fsp3) is 0.833. The zero-order chi connectivity index (χ0) is 18.2. The van der Waals surface area contributed by atoms with Gasteiger partial charge in [-0.2, -0.15) is 0 Å². The standard InChI is InChI=1S/C18H37N5O/c1-6-7-8-16-13-17(14-22(4)19)23(5,15(16)2)12-9-18(24)21-11-10-20-3/h13,15-16,20H,6-12,14,19H2,1-5H3/p+1/t15?,16-,23?/m0/s1. The van der Waals surface area contributed by atoms with Gasteiger partial charge >= 0.3 is 0 Å². The zero-order valence-electron chi connectivity index (χ0n) is 16.3. The molecule has 0 aliphatic carbocycles. The van der Waals surface area contributed by atoms with Crippen molar-refractivity contribution in [1.29, 1.82) is 0 Å². The van der Waals surface area contributed by atoms with E-state index in [4.69, 9.17) is 5.84 Å². The molecule has 6 nitrogen and oxygen atoms in total. The average molecular weight is 341 g/mol. The number of carbonyl (C=O) groups is 1. The van der Waals surface area contributed by atoms with Crippen LogP contribution >= 0.6 is 0 Å². The lowest BCUT2D eigenvalue weighted by molar-refractivity contribution is -0.892. The first-order valence-electron chi connectivity index (χ1n) is 9.28. The van der Waals surface area contributed by atoms with Crippen LogP contribution < -0.4 is 16.5 Å². The highest BCUT2D eigenvalue weighted by Gasteiger charge is 2.44. The summed E-state index contributed by atoms with van der Waals surface area (Å²) < 4.78 is 0.829. The summed E-state index contributed by atoms with van der Waals surface area (Å²) in [6.07, 6.45) is 6.67. The van der Waals surface area contributed by atoms with E-state index in [1.165, 1.54) is 25.0 Å². The summed E-state index contributed by atoms with van der Waals surface area (Å²) in [6.45, 7) is 7.62. The molecular weight excluding hydrogens is 302 g/mol. The fourth-order valence-electron chi connectivity index (χ4n) is 3.57. The molecule has 1 aliphatic rings. The quantitative estimate of drug-likeness (QED) is 0.228. The normalized spacial score (nSPS) is 26.7. The van der Waals surface area contributed by atoms with Crippen molar-refractivity contribution in [1.82, 2.24) is 15.6 Å². The van der Waals surface area contributed by atoms with E-state index in [-0.39, 0.29) is 5.91 Å². The Bertz CT molecular complexity index is 424. The molecule has 0 radical (unpaired) electrons. The first-order chi connectivity index (χ1) is 11.3. The van der Waals surface area contributed by atoms with Crippen LogP contribution in [0.25, 0.3) is 0 Å². The highest BCUT2D eigenvalue weighted by Crippen LogP contribution is 2.36. The number of hydrogen-bond donors (Lipinski definition) is 3. The Balaban J connectivity index is 2.71. The van der Waals surface area contributed by atoms with Crippen LogP contribution in [0.5, 0.6) is 0 Å². The summed E-state index contributed by atoms with van der Waals surface area (Å²) in [7, 11) is 6.05. The van der Waals surface area contributed by atoms with E-state index >= 15 is 0 Å². The maximum absolute atomic E-state index is 12.1. The van der Waals surface area contributed by atoms with Crippen LogP contribution in [0.3, 0.4) is 0 Å². The van der Waals surface area contributed by atoms with Crippen LogP contribution in [-0.4, -0.2) is 68.8 Å². The van der Waals surface area contributed by atoms with Gasteiger partial charge in [0.25, 0.3) is 0 Å². The van der Waals surface area contributed by atoms with Crippen molar-refractivity contribution in [3.8, 4) is 0 Å². The second-order valence-corrected chi connectivity index (χ2v) is 7.31. The van der Waals surface area contributed by atoms with Crippen molar-refractivity contribution in [2.45, 2.75) is 45.6 Å². The van der Waals surface area contributed by atoms with E-state index in [0.717, 1.165) is 24.1 Å². The predicted octanol–water partition coefficient (Wildman–Crippen LogP) is 1.06. The first-order valence-corrected chi connectivity index (χ1v) is 9.28. The molecule has 3 atom stereocenters. The molecule has 0 saturated heterocycles. The third-order valence-corrected chi connectivity index (χ3v) is 5.38. The average Bonchev–Trinajstić information content (AvgIpc) is 2.76. The molecule has 1 aliphatic heterocycles. The van der Waals surface area contributed by atoms with Crippen molar-refractivity contribution < 1.29 is 9.28 Å². The smallest absolute Gasteiger partial charge is 0.225 e. The lowest BCUT2D eigenvalue weighted by atomic mass is 9.96. The van der Waals surface area contributed by atoms with E-state index in [2.05, 4.69) is 37.6 Å². The van der Waals surface area contributed by atoms with Gasteiger partial charge in [-0.1, -0.05) is 19.8 Å². The third kappa shape index (κ3) is 5.84. The number of nitrogens with two attached hydrogens (primary N) is 1. The zero-order valence-corrected chi connectivity index (χ0v) is 16.3. The molecule has 0 aromatic carbocycles. The Labute approximate surface area is 148 Å². The molecular formula is C18H38N5O+. The minimum atomic E-state index is 0.134. The number of nitrogens with one attached hydrogen (secondary N) is 2. The number of nitrogens with zero attached hydrogens (tertiary/aromatic N) is 2. The molecule has 1 heterocycles. The monoisotopic (exact) mass is 340 g/mol. The van der Waals surface area contributed by atoms with E-state index in [9.17, 15) is 4.79 Å². The molecule has 0 aromatic rings. The number of carbonyl (C=O) groups excluding carboxylic acids is 1. The Morgan fingerprint density at radius 2 is 2.12 bits per heavy atom. The van der Waals surface area contributed by atoms with Crippen LogP contribution in [0.1, 0.15) is 39.5 Å². The number of hydrazine groups is 1. The topological polar surface area (TPSA) is 70.4 Å². The number of unbranched alkanes of at least 4 members (excludes halogenated alkanes) is 1. The lowest BCUT2D eigenvalue weighted by Crippen LogP contribution is -2.52. The molecule has 4 N–H and O–H groups in total. The molecule has 0 aromatic heterocycles. The minimum Gasteiger partial charge on any atom is -0.355 e. The molecule has 2 unspecified atom stereocenters. The van der Waals surface area contributed by atoms with Gasteiger partial charge in [0.15, 0.2) is 0 Å². The molecule has 0 fully saturated rings. The molecule has 0 saturated carbocycles. The van der Waals surface area contributed by atoms with Gasteiger partial charge in [-0.15, -0.1) is 0 Å². The summed E-state index contributed by atoms with van der Waals surface area (Å²) in [5, 5.41) is 7.76. The van der Waals surface area contributed by atoms with Gasteiger partial charge in [-0.3, -0.25) is 15.1 Å². The van der Waals surface area contributed by atoms with Crippen LogP contribution in [-0.2, 0) is 4.79 Å². The molecule has 140 valence electrons. The van der Waals surface area contributed by atoms with Crippen molar-refractivity contribution in [3.63, 3.8) is 0 Å². The summed E-state index contributed by atoms with van der Waals surface area (Å²) in [6, 6.07) is 0.497. The van der Waals surface area contributed by atoms with Crippen molar-refractivity contribution in [2.24, 2.45) is 11.8 Å². The van der Waals surface area contributed by atoms with Crippen molar-refractivity contribution in [2.75, 3.05) is 47.3 Å². The van der Waals surface area contributed by atoms with E-state index in [0.29, 0.717) is 24.9 Å². The number of likely N-dealkylation sites (N-methyl/N-ethyl adjacent to an activating group) is 3. The van der Waals surface area contributed by atoms with Crippen LogP contribution in [0.4, 0.5) is 0 Å². The lowest BCUT2D eigenvalue weighted by Gasteiger charge is -2.39. The molecule has 1 amide bonds. The van der Waals surface area contributed by atoms with E-state index in [1.54, 1.807) is 5.01 Å². The highest BCUT2D eigenvalue weighted by atomic mass is 16.1. The maximum Gasteiger partial charge on any atom is 0.225 e. The highest BCUT2D eigenvalue weighted by molar-refractivity contribution is 5.75. The van der Waals surface area contributed by atoms with Gasteiger partial charge in [-0.05, 0) is 26.5 Å². The third-order valence-electron chi connectivity index (χ3n) is 5.38. The Kier molecular flexibility index (Phi) is 8.91.